The van der Waals surface area contributed by atoms with Crippen molar-refractivity contribution >= 4 is 41.2 Å². The van der Waals surface area contributed by atoms with Crippen molar-refractivity contribution in [1.82, 2.24) is 5.32 Å². The Morgan fingerprint density at radius 1 is 1.19 bits per heavy atom. The van der Waals surface area contributed by atoms with Crippen molar-refractivity contribution in [3.8, 4) is 0 Å². The largest absolute Gasteiger partial charge is 0.396 e. The molecule has 42 heavy (non-hydrogen) atoms. The van der Waals surface area contributed by atoms with Gasteiger partial charge in [-0.25, -0.2) is 8.78 Å². The Balaban J connectivity index is 2.17. The van der Waals surface area contributed by atoms with Gasteiger partial charge >= 0.3 is 0 Å². The molecule has 8 nitrogen and oxygen atoms in total. The molecule has 2 aromatic carbocycles. The summed E-state index contributed by atoms with van der Waals surface area (Å²) in [6.45, 7) is 7.06. The standard InChI is InChI=1S/C30H39Cl2F2N5O3/c1-28(2,11-13-40)15-22-30(36,19-9-8-17(31)14-21(19)33)24(18-6-5-7-20(32)25(18)34)26(38-22)27(41)39-23(35)10-12-37-16-29(3,4)42/h5-9,12,14,22,24,26,38,40,42H,10-11,13,15-16,36H2,1-4H3,(H2,35,39,41). The molecular formula is C30H39Cl2F2N5O3. The molecule has 4 atom stereocenters. The molecule has 3 rings (SSSR count). The van der Waals surface area contributed by atoms with Crippen LogP contribution >= 0.6 is 23.2 Å². The normalized spacial score (nSPS) is 23.6. The van der Waals surface area contributed by atoms with E-state index in [1.54, 1.807) is 13.8 Å². The third-order valence-corrected chi connectivity index (χ3v) is 8.02. The molecule has 2 aromatic rings. The van der Waals surface area contributed by atoms with E-state index in [0.717, 1.165) is 6.07 Å². The minimum absolute atomic E-state index is 0.00757. The molecule has 1 saturated heterocycles. The first-order chi connectivity index (χ1) is 19.5. The molecule has 1 aliphatic rings. The number of rotatable bonds is 11. The average molecular weight is 627 g/mol. The second-order valence-electron chi connectivity index (χ2n) is 12.2. The zero-order chi connectivity index (χ0) is 31.5. The van der Waals surface area contributed by atoms with Crippen molar-refractivity contribution in [3.63, 3.8) is 0 Å². The molecule has 1 heterocycles. The minimum atomic E-state index is -1.69. The number of halogens is 4. The summed E-state index contributed by atoms with van der Waals surface area (Å²) in [7, 11) is 0. The number of hydrogen-bond donors (Lipinski definition) is 5. The van der Waals surface area contributed by atoms with Gasteiger partial charge in [0.05, 0.1) is 28.7 Å². The summed E-state index contributed by atoms with van der Waals surface area (Å²) in [5.74, 6) is -3.48. The second-order valence-corrected chi connectivity index (χ2v) is 13.0. The summed E-state index contributed by atoms with van der Waals surface area (Å²) in [5, 5.41) is 22.7. The third kappa shape index (κ3) is 7.92. The quantitative estimate of drug-likeness (QED) is 0.184. The van der Waals surface area contributed by atoms with Crippen LogP contribution in [0, 0.1) is 17.0 Å². The van der Waals surface area contributed by atoms with Gasteiger partial charge in [0.1, 0.15) is 17.5 Å². The summed E-state index contributed by atoms with van der Waals surface area (Å²) in [6.07, 6.45) is 2.15. The summed E-state index contributed by atoms with van der Waals surface area (Å²) in [6, 6.07) is 6.38. The number of aliphatic hydroxyl groups excluding tert-OH is 1. The van der Waals surface area contributed by atoms with Gasteiger partial charge in [0.15, 0.2) is 0 Å². The Morgan fingerprint density at radius 2 is 1.88 bits per heavy atom. The molecule has 0 saturated carbocycles. The van der Waals surface area contributed by atoms with Crippen LogP contribution in [0.25, 0.3) is 0 Å². The van der Waals surface area contributed by atoms with Crippen LogP contribution in [0.5, 0.6) is 0 Å². The Kier molecular flexibility index (Phi) is 10.9. The van der Waals surface area contributed by atoms with E-state index in [9.17, 15) is 15.0 Å². The second kappa shape index (κ2) is 13.4. The molecule has 4 unspecified atom stereocenters. The molecule has 1 fully saturated rings. The lowest BCUT2D eigenvalue weighted by Crippen LogP contribution is -2.52. The van der Waals surface area contributed by atoms with Crippen LogP contribution in [0.2, 0.25) is 10.0 Å². The highest BCUT2D eigenvalue weighted by Crippen LogP contribution is 2.50. The third-order valence-electron chi connectivity index (χ3n) is 7.49. The number of nitrogens with two attached hydrogens (primary N) is 2. The Bertz CT molecular complexity index is 1350. The van der Waals surface area contributed by atoms with Crippen molar-refractivity contribution < 1.29 is 23.8 Å². The van der Waals surface area contributed by atoms with Crippen molar-refractivity contribution in [2.45, 2.75) is 76.1 Å². The summed E-state index contributed by atoms with van der Waals surface area (Å²) in [4.78, 5) is 21.9. The number of carbonyl (C=O) groups is 1. The van der Waals surface area contributed by atoms with Crippen LogP contribution in [-0.2, 0) is 10.3 Å². The number of benzene rings is 2. The Morgan fingerprint density at radius 3 is 2.50 bits per heavy atom. The van der Waals surface area contributed by atoms with E-state index in [-0.39, 0.29) is 53.0 Å². The van der Waals surface area contributed by atoms with E-state index in [1.807, 2.05) is 13.8 Å². The summed E-state index contributed by atoms with van der Waals surface area (Å²) in [5.41, 5.74) is 10.0. The lowest BCUT2D eigenvalue weighted by Gasteiger charge is -2.40. The molecule has 230 valence electrons. The Hall–Kier alpha value is -2.47. The van der Waals surface area contributed by atoms with Gasteiger partial charge in [-0.1, -0.05) is 55.2 Å². The molecule has 12 heteroatoms. The topological polar surface area (TPSA) is 146 Å². The number of carbonyl (C=O) groups excluding carboxylic acids is 1. The van der Waals surface area contributed by atoms with E-state index in [0.29, 0.717) is 6.42 Å². The average Bonchev–Trinajstić information content (AvgIpc) is 3.14. The fraction of sp³-hybridized carbons (Fsp3) is 0.500. The molecular weight excluding hydrogens is 587 g/mol. The number of nitrogens with zero attached hydrogens (tertiary/aromatic N) is 2. The van der Waals surface area contributed by atoms with Crippen LogP contribution in [0.1, 0.15) is 64.0 Å². The maximum atomic E-state index is 15.7. The summed E-state index contributed by atoms with van der Waals surface area (Å²) < 4.78 is 31.3. The van der Waals surface area contributed by atoms with Gasteiger partial charge < -0.3 is 27.0 Å². The number of aliphatic hydroxyl groups is 2. The fourth-order valence-electron chi connectivity index (χ4n) is 5.44. The lowest BCUT2D eigenvalue weighted by molar-refractivity contribution is -0.119. The van der Waals surface area contributed by atoms with E-state index in [2.05, 4.69) is 15.3 Å². The fourth-order valence-corrected chi connectivity index (χ4v) is 5.78. The van der Waals surface area contributed by atoms with Crippen LogP contribution in [0.3, 0.4) is 0 Å². The highest BCUT2D eigenvalue weighted by molar-refractivity contribution is 6.31. The predicted octanol–water partition coefficient (Wildman–Crippen LogP) is 4.46. The Labute approximate surface area is 255 Å². The SMILES string of the molecule is CC(C)(O)CN=CCC(N)=NC(=O)C1NC(CC(C)(C)CCO)C(N)(c2ccc(Cl)cc2F)C1c1cccc(Cl)c1F. The van der Waals surface area contributed by atoms with Gasteiger partial charge in [0.25, 0.3) is 5.91 Å². The zero-order valence-electron chi connectivity index (χ0n) is 24.2. The van der Waals surface area contributed by atoms with Crippen LogP contribution in [0.4, 0.5) is 8.78 Å². The molecule has 0 spiro atoms. The molecule has 1 amide bonds. The first-order valence-electron chi connectivity index (χ1n) is 13.6. The molecule has 7 N–H and O–H groups in total. The molecule has 0 bridgehead atoms. The predicted molar refractivity (Wildman–Crippen MR) is 163 cm³/mol. The highest BCUT2D eigenvalue weighted by Gasteiger charge is 2.58. The number of nitrogens with one attached hydrogen (secondary N) is 1. The highest BCUT2D eigenvalue weighted by atomic mass is 35.5. The van der Waals surface area contributed by atoms with E-state index in [1.165, 1.54) is 36.5 Å². The maximum absolute atomic E-state index is 15.7. The number of amides is 1. The van der Waals surface area contributed by atoms with Crippen molar-refractivity contribution in [2.24, 2.45) is 26.9 Å². The first-order valence-corrected chi connectivity index (χ1v) is 14.4. The zero-order valence-corrected chi connectivity index (χ0v) is 25.7. The monoisotopic (exact) mass is 625 g/mol. The van der Waals surface area contributed by atoms with Crippen LogP contribution in [-0.4, -0.2) is 59.0 Å². The van der Waals surface area contributed by atoms with Gasteiger partial charge in [0, 0.05) is 41.8 Å². The van der Waals surface area contributed by atoms with Crippen LogP contribution < -0.4 is 16.8 Å². The van der Waals surface area contributed by atoms with Crippen LogP contribution in [0.15, 0.2) is 46.4 Å². The molecule has 0 radical (unpaired) electrons. The van der Waals surface area contributed by atoms with Gasteiger partial charge in [-0.15, -0.1) is 0 Å². The molecule has 0 aromatic heterocycles. The van der Waals surface area contributed by atoms with Gasteiger partial charge in [-0.3, -0.25) is 9.79 Å². The summed E-state index contributed by atoms with van der Waals surface area (Å²) >= 11 is 12.2. The van der Waals surface area contributed by atoms with Crippen molar-refractivity contribution in [1.29, 1.82) is 0 Å². The van der Waals surface area contributed by atoms with Crippen molar-refractivity contribution in [3.05, 3.63) is 69.2 Å². The van der Waals surface area contributed by atoms with E-state index in [4.69, 9.17) is 34.7 Å². The minimum Gasteiger partial charge on any atom is -0.396 e. The first kappa shape index (κ1) is 34.0. The molecule has 1 aliphatic heterocycles. The molecule has 0 aliphatic carbocycles. The van der Waals surface area contributed by atoms with Crippen molar-refractivity contribution in [2.75, 3.05) is 13.2 Å². The maximum Gasteiger partial charge on any atom is 0.265 e. The number of hydrogen-bond acceptors (Lipinski definition) is 6. The van der Waals surface area contributed by atoms with E-state index >= 15 is 8.78 Å². The smallest absolute Gasteiger partial charge is 0.265 e. The number of aliphatic imine (C=N–C) groups is 2. The van der Waals surface area contributed by atoms with Gasteiger partial charge in [-0.2, -0.15) is 4.99 Å². The van der Waals surface area contributed by atoms with Gasteiger partial charge in [-0.05, 0) is 55.9 Å². The lowest BCUT2D eigenvalue weighted by atomic mass is 9.67. The number of amidine groups is 1. The van der Waals surface area contributed by atoms with Gasteiger partial charge in [0.2, 0.25) is 0 Å². The van der Waals surface area contributed by atoms with E-state index < -0.39 is 52.1 Å².